The SMILES string of the molecule is CC(=O)Nc1cc2c(cc1[N+](=O)[O-])OC(C)(C)[C@@H](O)C2N1CCCC1=O. The van der Waals surface area contributed by atoms with E-state index in [1.807, 2.05) is 0 Å². The highest BCUT2D eigenvalue weighted by Gasteiger charge is 2.48. The molecule has 0 spiro atoms. The van der Waals surface area contributed by atoms with Gasteiger partial charge in [-0.15, -0.1) is 0 Å². The van der Waals surface area contributed by atoms with Crippen LogP contribution in [0.15, 0.2) is 12.1 Å². The minimum atomic E-state index is -1.04. The molecule has 2 aliphatic rings. The lowest BCUT2D eigenvalue weighted by atomic mass is 9.85. The van der Waals surface area contributed by atoms with E-state index in [1.165, 1.54) is 19.1 Å². The van der Waals surface area contributed by atoms with Crippen LogP contribution in [0.1, 0.15) is 45.2 Å². The number of anilines is 1. The van der Waals surface area contributed by atoms with Crippen molar-refractivity contribution in [1.82, 2.24) is 4.90 Å². The molecule has 0 saturated carbocycles. The van der Waals surface area contributed by atoms with Gasteiger partial charge in [0.15, 0.2) is 0 Å². The third kappa shape index (κ3) is 2.98. The summed E-state index contributed by atoms with van der Waals surface area (Å²) in [5, 5.41) is 24.7. The van der Waals surface area contributed by atoms with Crippen LogP contribution >= 0.6 is 0 Å². The molecular formula is C17H21N3O6. The summed E-state index contributed by atoms with van der Waals surface area (Å²) in [7, 11) is 0. The molecule has 140 valence electrons. The number of likely N-dealkylation sites (tertiary alicyclic amines) is 1. The van der Waals surface area contributed by atoms with E-state index >= 15 is 0 Å². The van der Waals surface area contributed by atoms with Crippen molar-refractivity contribution in [2.75, 3.05) is 11.9 Å². The van der Waals surface area contributed by atoms with Gasteiger partial charge in [0, 0.05) is 25.5 Å². The summed E-state index contributed by atoms with van der Waals surface area (Å²) in [6.45, 7) is 5.07. The van der Waals surface area contributed by atoms with Gasteiger partial charge in [-0.1, -0.05) is 0 Å². The Morgan fingerprint density at radius 3 is 2.69 bits per heavy atom. The summed E-state index contributed by atoms with van der Waals surface area (Å²) in [6, 6.07) is 1.96. The zero-order valence-corrected chi connectivity index (χ0v) is 14.8. The average molecular weight is 363 g/mol. The second-order valence-electron chi connectivity index (χ2n) is 7.13. The summed E-state index contributed by atoms with van der Waals surface area (Å²) in [4.78, 5) is 36.1. The van der Waals surface area contributed by atoms with Gasteiger partial charge < -0.3 is 20.1 Å². The third-order valence-corrected chi connectivity index (χ3v) is 4.78. The maximum atomic E-state index is 12.3. The fraction of sp³-hybridized carbons (Fsp3) is 0.529. The largest absolute Gasteiger partial charge is 0.484 e. The van der Waals surface area contributed by atoms with Gasteiger partial charge >= 0.3 is 0 Å². The molecule has 2 aliphatic heterocycles. The summed E-state index contributed by atoms with van der Waals surface area (Å²) in [5.41, 5.74) is -0.892. The Balaban J connectivity index is 2.18. The number of amides is 2. The maximum Gasteiger partial charge on any atom is 0.296 e. The first-order valence-electron chi connectivity index (χ1n) is 8.38. The number of aliphatic hydroxyl groups excluding tert-OH is 1. The normalized spacial score (nSPS) is 24.0. The van der Waals surface area contributed by atoms with Gasteiger partial charge in [0.2, 0.25) is 11.8 Å². The van der Waals surface area contributed by atoms with Crippen molar-refractivity contribution in [3.05, 3.63) is 27.8 Å². The van der Waals surface area contributed by atoms with Crippen LogP contribution in [0.5, 0.6) is 5.75 Å². The van der Waals surface area contributed by atoms with Gasteiger partial charge in [-0.05, 0) is 26.3 Å². The van der Waals surface area contributed by atoms with Crippen LogP contribution in [0.3, 0.4) is 0 Å². The number of nitrogens with zero attached hydrogens (tertiary/aromatic N) is 2. The van der Waals surface area contributed by atoms with Crippen LogP contribution in [0, 0.1) is 10.1 Å². The number of nitro benzene ring substituents is 1. The Hall–Kier alpha value is -2.68. The predicted molar refractivity (Wildman–Crippen MR) is 91.8 cm³/mol. The Kier molecular flexibility index (Phi) is 4.35. The van der Waals surface area contributed by atoms with E-state index in [1.54, 1.807) is 18.7 Å². The van der Waals surface area contributed by atoms with E-state index in [2.05, 4.69) is 5.32 Å². The van der Waals surface area contributed by atoms with E-state index in [0.29, 0.717) is 24.9 Å². The summed E-state index contributed by atoms with van der Waals surface area (Å²) in [5.74, 6) is -0.317. The predicted octanol–water partition coefficient (Wildman–Crippen LogP) is 1.75. The van der Waals surface area contributed by atoms with Crippen molar-refractivity contribution in [2.45, 2.75) is 51.4 Å². The number of carbonyl (C=O) groups is 2. The molecule has 1 aromatic rings. The van der Waals surface area contributed by atoms with Crippen molar-refractivity contribution in [3.8, 4) is 5.75 Å². The third-order valence-electron chi connectivity index (χ3n) is 4.78. The van der Waals surface area contributed by atoms with Crippen molar-refractivity contribution in [3.63, 3.8) is 0 Å². The molecule has 2 amide bonds. The van der Waals surface area contributed by atoms with Gasteiger partial charge in [-0.2, -0.15) is 0 Å². The molecule has 1 saturated heterocycles. The van der Waals surface area contributed by atoms with E-state index < -0.39 is 28.6 Å². The van der Waals surface area contributed by atoms with Gasteiger partial charge in [-0.25, -0.2) is 0 Å². The molecule has 1 aromatic carbocycles. The molecule has 0 aliphatic carbocycles. The molecule has 26 heavy (non-hydrogen) atoms. The quantitative estimate of drug-likeness (QED) is 0.623. The standard InChI is InChI=1S/C17H21N3O6/c1-9(21)18-11-7-10-13(8-12(11)20(24)25)26-17(2,3)16(23)15(10)19-6-4-5-14(19)22/h7-8,15-16,23H,4-6H2,1-3H3,(H,18,21)/t15?,16-/m0/s1. The van der Waals surface area contributed by atoms with Crippen molar-refractivity contribution in [2.24, 2.45) is 0 Å². The van der Waals surface area contributed by atoms with E-state index in [9.17, 15) is 24.8 Å². The highest BCUT2D eigenvalue weighted by Crippen LogP contribution is 2.47. The number of hydrogen-bond acceptors (Lipinski definition) is 6. The molecule has 0 aromatic heterocycles. The minimum absolute atomic E-state index is 0.00778. The molecule has 2 N–H and O–H groups in total. The van der Waals surface area contributed by atoms with Crippen LogP contribution < -0.4 is 10.1 Å². The van der Waals surface area contributed by atoms with Crippen molar-refractivity contribution >= 4 is 23.2 Å². The summed E-state index contributed by atoms with van der Waals surface area (Å²) in [6.07, 6.45) is 0.0546. The fourth-order valence-electron chi connectivity index (χ4n) is 3.54. The minimum Gasteiger partial charge on any atom is -0.484 e. The second kappa shape index (κ2) is 6.24. The van der Waals surface area contributed by atoms with Crippen LogP contribution in [0.2, 0.25) is 0 Å². The molecule has 0 bridgehead atoms. The average Bonchev–Trinajstić information content (AvgIpc) is 2.93. The number of nitro groups is 1. The van der Waals surface area contributed by atoms with Crippen LogP contribution in [-0.2, 0) is 9.59 Å². The number of ether oxygens (including phenoxy) is 1. The zero-order valence-electron chi connectivity index (χ0n) is 14.8. The van der Waals surface area contributed by atoms with Crippen LogP contribution in [0.4, 0.5) is 11.4 Å². The van der Waals surface area contributed by atoms with Gasteiger partial charge in [0.05, 0.1) is 17.0 Å². The number of aliphatic hydroxyl groups is 1. The fourth-order valence-corrected chi connectivity index (χ4v) is 3.54. The number of benzene rings is 1. The monoisotopic (exact) mass is 363 g/mol. The number of hydrogen-bond donors (Lipinski definition) is 2. The Bertz CT molecular complexity index is 791. The van der Waals surface area contributed by atoms with Crippen molar-refractivity contribution in [1.29, 1.82) is 0 Å². The molecular weight excluding hydrogens is 342 g/mol. The Labute approximate surface area is 150 Å². The molecule has 1 fully saturated rings. The van der Waals surface area contributed by atoms with Gasteiger partial charge in [0.1, 0.15) is 23.1 Å². The Morgan fingerprint density at radius 2 is 2.15 bits per heavy atom. The summed E-state index contributed by atoms with van der Waals surface area (Å²) >= 11 is 0. The molecule has 3 rings (SSSR count). The number of rotatable bonds is 3. The zero-order chi connectivity index (χ0) is 19.2. The second-order valence-corrected chi connectivity index (χ2v) is 7.13. The highest BCUT2D eigenvalue weighted by molar-refractivity contribution is 5.92. The smallest absolute Gasteiger partial charge is 0.296 e. The topological polar surface area (TPSA) is 122 Å². The Morgan fingerprint density at radius 1 is 1.46 bits per heavy atom. The molecule has 9 heteroatoms. The molecule has 2 heterocycles. The van der Waals surface area contributed by atoms with Gasteiger partial charge in [-0.3, -0.25) is 19.7 Å². The van der Waals surface area contributed by atoms with Crippen molar-refractivity contribution < 1.29 is 24.4 Å². The summed E-state index contributed by atoms with van der Waals surface area (Å²) < 4.78 is 5.80. The van der Waals surface area contributed by atoms with Crippen LogP contribution in [0.25, 0.3) is 0 Å². The van der Waals surface area contributed by atoms with E-state index in [0.717, 1.165) is 0 Å². The lowest BCUT2D eigenvalue weighted by Crippen LogP contribution is -2.53. The molecule has 2 atom stereocenters. The number of fused-ring (bicyclic) bond motifs is 1. The lowest BCUT2D eigenvalue weighted by molar-refractivity contribution is -0.384. The van der Waals surface area contributed by atoms with Crippen LogP contribution in [-0.4, -0.2) is 45.0 Å². The lowest BCUT2D eigenvalue weighted by Gasteiger charge is -2.45. The van der Waals surface area contributed by atoms with E-state index in [4.69, 9.17) is 4.74 Å². The maximum absolute atomic E-state index is 12.3. The van der Waals surface area contributed by atoms with Gasteiger partial charge in [0.25, 0.3) is 5.69 Å². The highest BCUT2D eigenvalue weighted by atomic mass is 16.6. The number of carbonyl (C=O) groups excluding carboxylic acids is 2. The first-order chi connectivity index (χ1) is 12.1. The first-order valence-corrected chi connectivity index (χ1v) is 8.38. The number of nitrogens with one attached hydrogen (secondary N) is 1. The molecule has 1 unspecified atom stereocenters. The first kappa shape index (κ1) is 18.1. The molecule has 9 nitrogen and oxygen atoms in total. The molecule has 0 radical (unpaired) electrons. The van der Waals surface area contributed by atoms with E-state index in [-0.39, 0.29) is 23.0 Å².